The maximum Gasteiger partial charge on any atom is 0.416 e. The number of H-pyrrole nitrogens is 1. The van der Waals surface area contributed by atoms with E-state index in [2.05, 4.69) is 9.97 Å². The van der Waals surface area contributed by atoms with Crippen LogP contribution in [0.15, 0.2) is 60.8 Å². The lowest BCUT2D eigenvalue weighted by Crippen LogP contribution is -2.04. The molecule has 0 amide bonds. The zero-order chi connectivity index (χ0) is 16.4. The molecule has 0 fully saturated rings. The van der Waals surface area contributed by atoms with E-state index < -0.39 is 17.8 Å². The summed E-state index contributed by atoms with van der Waals surface area (Å²) in [6.45, 7) is 0. The highest BCUT2D eigenvalue weighted by atomic mass is 19.4. The van der Waals surface area contributed by atoms with E-state index in [4.69, 9.17) is 0 Å². The van der Waals surface area contributed by atoms with Crippen molar-refractivity contribution >= 4 is 0 Å². The van der Waals surface area contributed by atoms with Crippen LogP contribution in [0, 0.1) is 0 Å². The Balaban J connectivity index is 1.85. The summed E-state index contributed by atoms with van der Waals surface area (Å²) < 4.78 is 37.7. The fraction of sp³-hybridized carbons (Fsp3) is 0.118. The number of aromatic nitrogens is 2. The van der Waals surface area contributed by atoms with Crippen LogP contribution in [0.2, 0.25) is 0 Å². The lowest BCUT2D eigenvalue weighted by Gasteiger charge is -2.08. The monoisotopic (exact) mass is 318 g/mol. The Hall–Kier alpha value is -2.60. The summed E-state index contributed by atoms with van der Waals surface area (Å²) in [5.74, 6) is 0.339. The van der Waals surface area contributed by atoms with Crippen LogP contribution in [-0.2, 0) is 6.18 Å². The summed E-state index contributed by atoms with van der Waals surface area (Å²) in [5.41, 5.74) is 1.09. The first-order valence-electron chi connectivity index (χ1n) is 6.91. The number of hydrogen-bond donors (Lipinski definition) is 2. The molecule has 0 aliphatic heterocycles. The molecular weight excluding hydrogens is 305 g/mol. The summed E-state index contributed by atoms with van der Waals surface area (Å²) in [6.07, 6.45) is -3.79. The average Bonchev–Trinajstić information content (AvgIpc) is 3.04. The molecule has 3 rings (SSSR count). The van der Waals surface area contributed by atoms with E-state index in [1.165, 1.54) is 18.3 Å². The maximum atomic E-state index is 12.6. The van der Waals surface area contributed by atoms with Crippen molar-refractivity contribution in [2.75, 3.05) is 0 Å². The van der Waals surface area contributed by atoms with Crippen LogP contribution >= 0.6 is 0 Å². The predicted octanol–water partition coefficient (Wildman–Crippen LogP) is 4.18. The molecule has 1 atom stereocenters. The normalized spacial score (nSPS) is 13.0. The van der Waals surface area contributed by atoms with Gasteiger partial charge in [0.15, 0.2) is 0 Å². The minimum atomic E-state index is -4.36. The van der Waals surface area contributed by atoms with Gasteiger partial charge in [0.1, 0.15) is 11.9 Å². The second kappa shape index (κ2) is 5.89. The summed E-state index contributed by atoms with van der Waals surface area (Å²) in [7, 11) is 0. The molecule has 3 aromatic rings. The Kier molecular flexibility index (Phi) is 3.92. The van der Waals surface area contributed by atoms with E-state index in [9.17, 15) is 18.3 Å². The van der Waals surface area contributed by atoms with Crippen LogP contribution in [0.1, 0.15) is 23.1 Å². The van der Waals surface area contributed by atoms with Gasteiger partial charge in [-0.3, -0.25) is 0 Å². The quantitative estimate of drug-likeness (QED) is 0.761. The third-order valence-corrected chi connectivity index (χ3v) is 3.49. The zero-order valence-corrected chi connectivity index (χ0v) is 11.9. The molecule has 0 saturated carbocycles. The molecule has 1 heterocycles. The second-order valence-electron chi connectivity index (χ2n) is 5.07. The Labute approximate surface area is 130 Å². The fourth-order valence-corrected chi connectivity index (χ4v) is 2.25. The Morgan fingerprint density at radius 1 is 0.957 bits per heavy atom. The number of hydrogen-bond acceptors (Lipinski definition) is 2. The van der Waals surface area contributed by atoms with Crippen molar-refractivity contribution in [2.24, 2.45) is 0 Å². The number of nitrogens with one attached hydrogen (secondary N) is 1. The molecule has 23 heavy (non-hydrogen) atoms. The van der Waals surface area contributed by atoms with Gasteiger partial charge in [-0.25, -0.2) is 4.98 Å². The molecule has 6 heteroatoms. The molecule has 0 saturated heterocycles. The summed E-state index contributed by atoms with van der Waals surface area (Å²) in [5, 5.41) is 10.3. The Morgan fingerprint density at radius 2 is 1.61 bits per heavy atom. The number of aliphatic hydroxyl groups is 1. The minimum absolute atomic E-state index is 0.339. The summed E-state index contributed by atoms with van der Waals surface area (Å²) >= 11 is 0. The van der Waals surface area contributed by atoms with Crippen LogP contribution in [0.3, 0.4) is 0 Å². The number of halogens is 3. The van der Waals surface area contributed by atoms with Crippen molar-refractivity contribution in [1.82, 2.24) is 9.97 Å². The first-order chi connectivity index (χ1) is 10.9. The SMILES string of the molecule is OC(c1ccccc1)c1ncc(-c2ccc(C(F)(F)F)cc2)[nH]1. The van der Waals surface area contributed by atoms with E-state index in [1.807, 2.05) is 6.07 Å². The third-order valence-electron chi connectivity index (χ3n) is 3.49. The first-order valence-corrected chi connectivity index (χ1v) is 6.91. The van der Waals surface area contributed by atoms with Crippen LogP contribution < -0.4 is 0 Å². The summed E-state index contributed by atoms with van der Waals surface area (Å²) in [6, 6.07) is 13.8. The lowest BCUT2D eigenvalue weighted by molar-refractivity contribution is -0.137. The highest BCUT2D eigenvalue weighted by Gasteiger charge is 2.30. The van der Waals surface area contributed by atoms with E-state index >= 15 is 0 Å². The number of imidazole rings is 1. The second-order valence-corrected chi connectivity index (χ2v) is 5.07. The van der Waals surface area contributed by atoms with Gasteiger partial charge in [-0.2, -0.15) is 13.2 Å². The molecule has 0 aliphatic rings. The van der Waals surface area contributed by atoms with Crippen molar-refractivity contribution in [3.63, 3.8) is 0 Å². The molecule has 1 unspecified atom stereocenters. The van der Waals surface area contributed by atoms with Gasteiger partial charge in [0.2, 0.25) is 0 Å². The van der Waals surface area contributed by atoms with Crippen molar-refractivity contribution in [2.45, 2.75) is 12.3 Å². The molecule has 2 N–H and O–H groups in total. The molecule has 1 aromatic heterocycles. The van der Waals surface area contributed by atoms with Crippen LogP contribution in [0.4, 0.5) is 13.2 Å². The van der Waals surface area contributed by atoms with Crippen molar-refractivity contribution in [1.29, 1.82) is 0 Å². The topological polar surface area (TPSA) is 48.9 Å². The predicted molar refractivity (Wildman–Crippen MR) is 79.5 cm³/mol. The van der Waals surface area contributed by atoms with Crippen LogP contribution in [0.5, 0.6) is 0 Å². The molecular formula is C17H13F3N2O. The number of aromatic amines is 1. The fourth-order valence-electron chi connectivity index (χ4n) is 2.25. The lowest BCUT2D eigenvalue weighted by atomic mass is 10.1. The zero-order valence-electron chi connectivity index (χ0n) is 11.9. The number of nitrogens with zero attached hydrogens (tertiary/aromatic N) is 1. The van der Waals surface area contributed by atoms with Gasteiger partial charge in [-0.15, -0.1) is 0 Å². The van der Waals surface area contributed by atoms with Gasteiger partial charge >= 0.3 is 6.18 Å². The molecule has 0 bridgehead atoms. The van der Waals surface area contributed by atoms with Gasteiger partial charge in [-0.05, 0) is 23.3 Å². The number of benzene rings is 2. The highest BCUT2D eigenvalue weighted by Crippen LogP contribution is 2.31. The number of rotatable bonds is 3. The smallest absolute Gasteiger partial charge is 0.380 e. The van der Waals surface area contributed by atoms with Crippen molar-refractivity contribution in [3.8, 4) is 11.3 Å². The Bertz CT molecular complexity index is 780. The standard InChI is InChI=1S/C17H13F3N2O/c18-17(19,20)13-8-6-11(7-9-13)14-10-21-16(22-14)15(23)12-4-2-1-3-5-12/h1-10,15,23H,(H,21,22). The summed E-state index contributed by atoms with van der Waals surface area (Å²) in [4.78, 5) is 7.06. The average molecular weight is 318 g/mol. The molecule has 2 aromatic carbocycles. The van der Waals surface area contributed by atoms with E-state index in [0.29, 0.717) is 22.6 Å². The maximum absolute atomic E-state index is 12.6. The van der Waals surface area contributed by atoms with Crippen LogP contribution in [-0.4, -0.2) is 15.1 Å². The molecule has 0 spiro atoms. The van der Waals surface area contributed by atoms with E-state index in [0.717, 1.165) is 12.1 Å². The first kappa shape index (κ1) is 15.3. The van der Waals surface area contributed by atoms with Crippen LogP contribution in [0.25, 0.3) is 11.3 Å². The highest BCUT2D eigenvalue weighted by molar-refractivity contribution is 5.59. The molecule has 0 radical (unpaired) electrons. The van der Waals surface area contributed by atoms with Gasteiger partial charge < -0.3 is 10.1 Å². The number of aliphatic hydroxyl groups excluding tert-OH is 1. The van der Waals surface area contributed by atoms with Gasteiger partial charge in [0, 0.05) is 0 Å². The van der Waals surface area contributed by atoms with Gasteiger partial charge in [0.05, 0.1) is 17.5 Å². The van der Waals surface area contributed by atoms with E-state index in [-0.39, 0.29) is 0 Å². The minimum Gasteiger partial charge on any atom is -0.380 e. The van der Waals surface area contributed by atoms with Crippen molar-refractivity contribution < 1.29 is 18.3 Å². The molecule has 118 valence electrons. The third kappa shape index (κ3) is 3.27. The Morgan fingerprint density at radius 3 is 2.22 bits per heavy atom. The van der Waals surface area contributed by atoms with E-state index in [1.54, 1.807) is 24.3 Å². The van der Waals surface area contributed by atoms with Gasteiger partial charge in [-0.1, -0.05) is 42.5 Å². The van der Waals surface area contributed by atoms with Gasteiger partial charge in [0.25, 0.3) is 0 Å². The van der Waals surface area contributed by atoms with Crippen molar-refractivity contribution in [3.05, 3.63) is 77.7 Å². The number of alkyl halides is 3. The molecule has 0 aliphatic carbocycles. The molecule has 3 nitrogen and oxygen atoms in total. The largest absolute Gasteiger partial charge is 0.416 e.